The van der Waals surface area contributed by atoms with Crippen LogP contribution in [0.25, 0.3) is 10.9 Å². The van der Waals surface area contributed by atoms with E-state index in [1.165, 1.54) is 25.0 Å². The van der Waals surface area contributed by atoms with Crippen LogP contribution in [-0.2, 0) is 4.79 Å². The van der Waals surface area contributed by atoms with Gasteiger partial charge in [-0.05, 0) is 55.7 Å². The number of H-pyrrole nitrogens is 1. The molecule has 4 rings (SSSR count). The Balaban J connectivity index is 1.47. The molecule has 1 fully saturated rings. The largest absolute Gasteiger partial charge is 0.371 e. The van der Waals surface area contributed by atoms with E-state index in [-0.39, 0.29) is 11.6 Å². The Morgan fingerprint density at radius 1 is 1.12 bits per heavy atom. The number of fused-ring (bicyclic) bond motifs is 1. The molecule has 0 bridgehead atoms. The van der Waals surface area contributed by atoms with E-state index >= 15 is 0 Å². The van der Waals surface area contributed by atoms with Gasteiger partial charge in [-0.2, -0.15) is 0 Å². The van der Waals surface area contributed by atoms with Crippen LogP contribution in [0.15, 0.2) is 48.5 Å². The lowest BCUT2D eigenvalue weighted by Crippen LogP contribution is -2.44. The quantitative estimate of drug-likeness (QED) is 0.473. The van der Waals surface area contributed by atoms with Crippen molar-refractivity contribution in [3.63, 3.8) is 0 Å². The van der Waals surface area contributed by atoms with E-state index in [4.69, 9.17) is 0 Å². The topological polar surface area (TPSA) is 77.2 Å². The minimum Gasteiger partial charge on any atom is -0.371 e. The summed E-state index contributed by atoms with van der Waals surface area (Å²) in [5, 5.41) is 6.13. The van der Waals surface area contributed by atoms with E-state index in [9.17, 15) is 14.0 Å². The molecule has 32 heavy (non-hydrogen) atoms. The molecule has 0 aliphatic carbocycles. The van der Waals surface area contributed by atoms with Crippen LogP contribution in [-0.4, -0.2) is 35.9 Å². The van der Waals surface area contributed by atoms with E-state index in [2.05, 4.69) is 20.5 Å². The standard InChI is InChI=1S/C25H29FN4O2/c1-2-3-11-22(29-25(32)23-16-19-20(26)10-7-12-21(19)28-23)24(31)27-17-8-6-9-18(15-17)30-13-4-5-14-30/h6-10,12,15-16,22,28H,2-5,11,13-14H2,1H3,(H,27,31)(H,29,32). The first-order valence-corrected chi connectivity index (χ1v) is 11.3. The number of nitrogens with one attached hydrogen (secondary N) is 3. The minimum absolute atomic E-state index is 0.232. The van der Waals surface area contributed by atoms with Crippen molar-refractivity contribution in [2.75, 3.05) is 23.3 Å². The number of halogens is 1. The predicted octanol–water partition coefficient (Wildman–Crippen LogP) is 4.83. The first kappa shape index (κ1) is 21.9. The molecular formula is C25H29FN4O2. The molecule has 168 valence electrons. The highest BCUT2D eigenvalue weighted by atomic mass is 19.1. The third-order valence-corrected chi connectivity index (χ3v) is 5.91. The van der Waals surface area contributed by atoms with Gasteiger partial charge >= 0.3 is 0 Å². The molecular weight excluding hydrogens is 407 g/mol. The van der Waals surface area contributed by atoms with Gasteiger partial charge in [-0.3, -0.25) is 9.59 Å². The van der Waals surface area contributed by atoms with Crippen molar-refractivity contribution in [1.82, 2.24) is 10.3 Å². The maximum absolute atomic E-state index is 14.0. The van der Waals surface area contributed by atoms with Crippen LogP contribution in [0, 0.1) is 5.82 Å². The molecule has 1 saturated heterocycles. The number of benzene rings is 2. The van der Waals surface area contributed by atoms with E-state index in [1.807, 2.05) is 31.2 Å². The fraction of sp³-hybridized carbons (Fsp3) is 0.360. The second-order valence-electron chi connectivity index (χ2n) is 8.29. The van der Waals surface area contributed by atoms with Gasteiger partial charge in [-0.25, -0.2) is 4.39 Å². The third kappa shape index (κ3) is 4.93. The van der Waals surface area contributed by atoms with Crippen molar-refractivity contribution in [2.24, 2.45) is 0 Å². The zero-order valence-corrected chi connectivity index (χ0v) is 18.3. The summed E-state index contributed by atoms with van der Waals surface area (Å²) >= 11 is 0. The molecule has 1 aromatic heterocycles. The molecule has 2 aromatic carbocycles. The number of aromatic amines is 1. The van der Waals surface area contributed by atoms with Crippen LogP contribution in [0.1, 0.15) is 49.5 Å². The number of hydrogen-bond donors (Lipinski definition) is 3. The summed E-state index contributed by atoms with van der Waals surface area (Å²) in [5.41, 5.74) is 2.58. The molecule has 0 radical (unpaired) electrons. The van der Waals surface area contributed by atoms with Gasteiger partial charge in [0.25, 0.3) is 5.91 Å². The SMILES string of the molecule is CCCCC(NC(=O)c1cc2c(F)cccc2[nH]1)C(=O)Nc1cccc(N2CCCC2)c1. The van der Waals surface area contributed by atoms with E-state index in [0.717, 1.165) is 31.6 Å². The van der Waals surface area contributed by atoms with Gasteiger partial charge < -0.3 is 20.5 Å². The maximum atomic E-state index is 14.0. The number of aromatic nitrogens is 1. The van der Waals surface area contributed by atoms with Crippen molar-refractivity contribution in [3.8, 4) is 0 Å². The molecule has 2 heterocycles. The average Bonchev–Trinajstić information content (AvgIpc) is 3.47. The summed E-state index contributed by atoms with van der Waals surface area (Å²) in [6, 6.07) is 13.3. The molecule has 3 N–H and O–H groups in total. The van der Waals surface area contributed by atoms with Gasteiger partial charge in [-0.1, -0.05) is 31.9 Å². The second kappa shape index (κ2) is 9.85. The highest BCUT2D eigenvalue weighted by Crippen LogP contribution is 2.24. The van der Waals surface area contributed by atoms with Crippen LogP contribution < -0.4 is 15.5 Å². The second-order valence-corrected chi connectivity index (χ2v) is 8.29. The number of hydrogen-bond acceptors (Lipinski definition) is 3. The van der Waals surface area contributed by atoms with Crippen LogP contribution in [0.4, 0.5) is 15.8 Å². The lowest BCUT2D eigenvalue weighted by atomic mass is 10.1. The number of carbonyl (C=O) groups is 2. The number of unbranched alkanes of at least 4 members (excludes halogenated alkanes) is 1. The Labute approximate surface area is 187 Å². The van der Waals surface area contributed by atoms with Crippen molar-refractivity contribution < 1.29 is 14.0 Å². The zero-order chi connectivity index (χ0) is 22.5. The van der Waals surface area contributed by atoms with Crippen LogP contribution >= 0.6 is 0 Å². The molecule has 6 nitrogen and oxygen atoms in total. The highest BCUT2D eigenvalue weighted by Gasteiger charge is 2.23. The molecule has 1 aliphatic heterocycles. The Morgan fingerprint density at radius 3 is 2.66 bits per heavy atom. The van der Waals surface area contributed by atoms with Gasteiger partial charge in [0.2, 0.25) is 5.91 Å². The van der Waals surface area contributed by atoms with Gasteiger partial charge in [0.1, 0.15) is 17.6 Å². The summed E-state index contributed by atoms with van der Waals surface area (Å²) in [4.78, 5) is 31.1. The van der Waals surface area contributed by atoms with E-state index in [1.54, 1.807) is 12.1 Å². The normalized spacial score (nSPS) is 14.5. The molecule has 0 spiro atoms. The molecule has 2 amide bonds. The summed E-state index contributed by atoms with van der Waals surface area (Å²) in [7, 11) is 0. The van der Waals surface area contributed by atoms with E-state index in [0.29, 0.717) is 23.0 Å². The first-order chi connectivity index (χ1) is 15.5. The van der Waals surface area contributed by atoms with Gasteiger partial charge in [0.15, 0.2) is 0 Å². The number of nitrogens with zero attached hydrogens (tertiary/aromatic N) is 1. The monoisotopic (exact) mass is 436 g/mol. The van der Waals surface area contributed by atoms with Gasteiger partial charge in [0, 0.05) is 35.4 Å². The zero-order valence-electron chi connectivity index (χ0n) is 18.3. The summed E-state index contributed by atoms with van der Waals surface area (Å²) < 4.78 is 14.0. The minimum atomic E-state index is -0.686. The number of rotatable bonds is 8. The summed E-state index contributed by atoms with van der Waals surface area (Å²) in [6.07, 6.45) is 4.59. The number of amides is 2. The van der Waals surface area contributed by atoms with Crippen LogP contribution in [0.3, 0.4) is 0 Å². The molecule has 1 aliphatic rings. The van der Waals surface area contributed by atoms with Gasteiger partial charge in [0.05, 0.1) is 0 Å². The van der Waals surface area contributed by atoms with Crippen LogP contribution in [0.2, 0.25) is 0 Å². The number of carbonyl (C=O) groups excluding carboxylic acids is 2. The predicted molar refractivity (Wildman–Crippen MR) is 126 cm³/mol. The van der Waals surface area contributed by atoms with Gasteiger partial charge in [-0.15, -0.1) is 0 Å². The Hall–Kier alpha value is -3.35. The Bertz CT molecular complexity index is 1100. The molecule has 7 heteroatoms. The highest BCUT2D eigenvalue weighted by molar-refractivity contribution is 6.02. The lowest BCUT2D eigenvalue weighted by Gasteiger charge is -2.20. The molecule has 1 unspecified atom stereocenters. The molecule has 3 aromatic rings. The lowest BCUT2D eigenvalue weighted by molar-refractivity contribution is -0.118. The fourth-order valence-electron chi connectivity index (χ4n) is 4.14. The third-order valence-electron chi connectivity index (χ3n) is 5.91. The van der Waals surface area contributed by atoms with Crippen LogP contribution in [0.5, 0.6) is 0 Å². The maximum Gasteiger partial charge on any atom is 0.268 e. The first-order valence-electron chi connectivity index (χ1n) is 11.3. The van der Waals surface area contributed by atoms with E-state index < -0.39 is 17.8 Å². The Morgan fingerprint density at radius 2 is 1.91 bits per heavy atom. The fourth-order valence-corrected chi connectivity index (χ4v) is 4.14. The average molecular weight is 437 g/mol. The summed E-state index contributed by atoms with van der Waals surface area (Å²) in [6.45, 7) is 4.09. The van der Waals surface area contributed by atoms with Crippen molar-refractivity contribution >= 4 is 34.1 Å². The summed E-state index contributed by atoms with van der Waals surface area (Å²) in [5.74, 6) is -1.08. The Kier molecular flexibility index (Phi) is 6.73. The molecule has 1 atom stereocenters. The van der Waals surface area contributed by atoms with Crippen molar-refractivity contribution in [1.29, 1.82) is 0 Å². The van der Waals surface area contributed by atoms with Crippen molar-refractivity contribution in [3.05, 3.63) is 60.0 Å². The number of anilines is 2. The molecule has 0 saturated carbocycles. The smallest absolute Gasteiger partial charge is 0.268 e. The van der Waals surface area contributed by atoms with Crippen molar-refractivity contribution in [2.45, 2.75) is 45.1 Å².